The molecule has 0 aliphatic rings. The average Bonchev–Trinajstić information content (AvgIpc) is 2.12. The van der Waals surface area contributed by atoms with Gasteiger partial charge in [0.1, 0.15) is 0 Å². The summed E-state index contributed by atoms with van der Waals surface area (Å²) in [5, 5.41) is 10.6. The van der Waals surface area contributed by atoms with Crippen molar-refractivity contribution >= 4 is 34.0 Å². The standard InChI is InChI=1S/C9H6Cl2N2/c1-5-7-3-2-6(10)4-8(7)9(11)13-12-5/h2-4H,1H3. The Morgan fingerprint density at radius 1 is 1.08 bits per heavy atom. The third kappa shape index (κ3) is 1.47. The van der Waals surface area contributed by atoms with Crippen LogP contribution in [0.3, 0.4) is 0 Å². The summed E-state index contributed by atoms with van der Waals surface area (Å²) in [4.78, 5) is 0. The van der Waals surface area contributed by atoms with Crippen molar-refractivity contribution in [2.24, 2.45) is 0 Å². The van der Waals surface area contributed by atoms with Gasteiger partial charge in [0.15, 0.2) is 5.15 Å². The Morgan fingerprint density at radius 2 is 1.85 bits per heavy atom. The van der Waals surface area contributed by atoms with Gasteiger partial charge in [0.05, 0.1) is 5.69 Å². The first-order chi connectivity index (χ1) is 6.18. The first-order valence-electron chi connectivity index (χ1n) is 3.76. The van der Waals surface area contributed by atoms with Gasteiger partial charge < -0.3 is 0 Å². The summed E-state index contributed by atoms with van der Waals surface area (Å²) < 4.78 is 0. The van der Waals surface area contributed by atoms with Crippen molar-refractivity contribution in [2.75, 3.05) is 0 Å². The number of benzene rings is 1. The van der Waals surface area contributed by atoms with Gasteiger partial charge in [-0.2, -0.15) is 5.10 Å². The molecule has 0 saturated carbocycles. The molecular weight excluding hydrogens is 207 g/mol. The molecular formula is C9H6Cl2N2. The number of aryl methyl sites for hydroxylation is 1. The Labute approximate surface area is 85.5 Å². The highest BCUT2D eigenvalue weighted by atomic mass is 35.5. The molecule has 0 bridgehead atoms. The molecule has 2 rings (SSSR count). The maximum Gasteiger partial charge on any atom is 0.159 e. The zero-order valence-electron chi connectivity index (χ0n) is 6.88. The summed E-state index contributed by atoms with van der Waals surface area (Å²) in [6, 6.07) is 5.50. The smallest absolute Gasteiger partial charge is 0.154 e. The molecule has 0 saturated heterocycles. The van der Waals surface area contributed by atoms with Crippen molar-refractivity contribution < 1.29 is 0 Å². The van der Waals surface area contributed by atoms with Gasteiger partial charge in [-0.3, -0.25) is 0 Å². The number of rotatable bonds is 0. The van der Waals surface area contributed by atoms with Gasteiger partial charge in [0.25, 0.3) is 0 Å². The van der Waals surface area contributed by atoms with E-state index in [-0.39, 0.29) is 0 Å². The van der Waals surface area contributed by atoms with E-state index in [4.69, 9.17) is 23.2 Å². The predicted molar refractivity (Wildman–Crippen MR) is 54.3 cm³/mol. The second kappa shape index (κ2) is 3.13. The molecule has 66 valence electrons. The topological polar surface area (TPSA) is 25.8 Å². The molecule has 13 heavy (non-hydrogen) atoms. The van der Waals surface area contributed by atoms with Crippen LogP contribution in [-0.2, 0) is 0 Å². The lowest BCUT2D eigenvalue weighted by Crippen LogP contribution is -1.89. The van der Waals surface area contributed by atoms with E-state index in [0.717, 1.165) is 16.5 Å². The normalized spacial score (nSPS) is 10.7. The van der Waals surface area contributed by atoms with Gasteiger partial charge in [-0.05, 0) is 19.1 Å². The minimum absolute atomic E-state index is 0.392. The van der Waals surface area contributed by atoms with Crippen LogP contribution >= 0.6 is 23.2 Å². The fourth-order valence-corrected chi connectivity index (χ4v) is 1.60. The number of halogens is 2. The maximum atomic E-state index is 5.87. The van der Waals surface area contributed by atoms with Crippen LogP contribution in [-0.4, -0.2) is 10.2 Å². The molecule has 1 aromatic carbocycles. The van der Waals surface area contributed by atoms with Crippen LogP contribution in [0, 0.1) is 6.92 Å². The zero-order chi connectivity index (χ0) is 9.42. The summed E-state index contributed by atoms with van der Waals surface area (Å²) in [5.74, 6) is 0. The van der Waals surface area contributed by atoms with E-state index in [1.807, 2.05) is 19.1 Å². The molecule has 4 heteroatoms. The lowest BCUT2D eigenvalue weighted by atomic mass is 10.1. The third-order valence-electron chi connectivity index (χ3n) is 1.88. The minimum Gasteiger partial charge on any atom is -0.154 e. The highest BCUT2D eigenvalue weighted by molar-refractivity contribution is 6.35. The lowest BCUT2D eigenvalue weighted by Gasteiger charge is -2.01. The summed E-state index contributed by atoms with van der Waals surface area (Å²) >= 11 is 11.7. The van der Waals surface area contributed by atoms with Crippen molar-refractivity contribution in [1.82, 2.24) is 10.2 Å². The van der Waals surface area contributed by atoms with E-state index in [1.165, 1.54) is 0 Å². The first kappa shape index (κ1) is 8.73. The number of nitrogens with zero attached hydrogens (tertiary/aromatic N) is 2. The van der Waals surface area contributed by atoms with Crippen molar-refractivity contribution in [3.8, 4) is 0 Å². The molecule has 0 atom stereocenters. The number of hydrogen-bond acceptors (Lipinski definition) is 2. The van der Waals surface area contributed by atoms with E-state index in [9.17, 15) is 0 Å². The maximum absolute atomic E-state index is 5.87. The number of hydrogen-bond donors (Lipinski definition) is 0. The predicted octanol–water partition coefficient (Wildman–Crippen LogP) is 3.25. The van der Waals surface area contributed by atoms with Crippen molar-refractivity contribution in [3.05, 3.63) is 34.1 Å². The van der Waals surface area contributed by atoms with Gasteiger partial charge >= 0.3 is 0 Å². The Kier molecular flexibility index (Phi) is 2.10. The van der Waals surface area contributed by atoms with Crippen LogP contribution in [0.5, 0.6) is 0 Å². The Balaban J connectivity index is 2.92. The zero-order valence-corrected chi connectivity index (χ0v) is 8.39. The Morgan fingerprint density at radius 3 is 2.62 bits per heavy atom. The molecule has 0 amide bonds. The van der Waals surface area contributed by atoms with Crippen LogP contribution in [0.15, 0.2) is 18.2 Å². The lowest BCUT2D eigenvalue weighted by molar-refractivity contribution is 1.00. The average molecular weight is 213 g/mol. The molecule has 1 aromatic heterocycles. The molecule has 0 N–H and O–H groups in total. The molecule has 2 nitrogen and oxygen atoms in total. The van der Waals surface area contributed by atoms with Crippen LogP contribution in [0.25, 0.3) is 10.8 Å². The summed E-state index contributed by atoms with van der Waals surface area (Å²) in [5.41, 5.74) is 0.857. The van der Waals surface area contributed by atoms with Crippen molar-refractivity contribution in [2.45, 2.75) is 6.92 Å². The largest absolute Gasteiger partial charge is 0.159 e. The summed E-state index contributed by atoms with van der Waals surface area (Å²) in [6.45, 7) is 1.89. The van der Waals surface area contributed by atoms with Crippen LogP contribution in [0.2, 0.25) is 10.2 Å². The van der Waals surface area contributed by atoms with E-state index in [1.54, 1.807) is 6.07 Å². The van der Waals surface area contributed by atoms with Gasteiger partial charge in [-0.1, -0.05) is 29.3 Å². The Hall–Kier alpha value is -0.860. The van der Waals surface area contributed by atoms with E-state index in [0.29, 0.717) is 10.2 Å². The van der Waals surface area contributed by atoms with Crippen molar-refractivity contribution in [1.29, 1.82) is 0 Å². The Bertz CT molecular complexity index is 468. The summed E-state index contributed by atoms with van der Waals surface area (Å²) in [7, 11) is 0. The van der Waals surface area contributed by atoms with Crippen LogP contribution in [0.4, 0.5) is 0 Å². The van der Waals surface area contributed by atoms with Gasteiger partial charge in [-0.15, -0.1) is 5.10 Å². The molecule has 0 aliphatic heterocycles. The highest BCUT2D eigenvalue weighted by Crippen LogP contribution is 2.25. The fourth-order valence-electron chi connectivity index (χ4n) is 1.23. The second-order valence-electron chi connectivity index (χ2n) is 2.77. The van der Waals surface area contributed by atoms with Crippen LogP contribution < -0.4 is 0 Å². The molecule has 2 aromatic rings. The quantitative estimate of drug-likeness (QED) is 0.671. The fraction of sp³-hybridized carbons (Fsp3) is 0.111. The van der Waals surface area contributed by atoms with E-state index in [2.05, 4.69) is 10.2 Å². The second-order valence-corrected chi connectivity index (χ2v) is 3.56. The molecule has 1 heterocycles. The highest BCUT2D eigenvalue weighted by Gasteiger charge is 2.04. The molecule has 0 fully saturated rings. The van der Waals surface area contributed by atoms with Crippen LogP contribution in [0.1, 0.15) is 5.69 Å². The van der Waals surface area contributed by atoms with Gasteiger partial charge in [0, 0.05) is 15.8 Å². The molecule has 0 unspecified atom stereocenters. The summed E-state index contributed by atoms with van der Waals surface area (Å²) in [6.07, 6.45) is 0. The molecule has 0 radical (unpaired) electrons. The molecule has 0 spiro atoms. The third-order valence-corrected chi connectivity index (χ3v) is 2.40. The van der Waals surface area contributed by atoms with E-state index < -0.39 is 0 Å². The minimum atomic E-state index is 0.392. The monoisotopic (exact) mass is 212 g/mol. The molecule has 0 aliphatic carbocycles. The van der Waals surface area contributed by atoms with E-state index >= 15 is 0 Å². The van der Waals surface area contributed by atoms with Crippen molar-refractivity contribution in [3.63, 3.8) is 0 Å². The SMILES string of the molecule is Cc1nnc(Cl)c2cc(Cl)ccc12. The van der Waals surface area contributed by atoms with Gasteiger partial charge in [0.2, 0.25) is 0 Å². The number of aromatic nitrogens is 2. The first-order valence-corrected chi connectivity index (χ1v) is 4.52. The van der Waals surface area contributed by atoms with Gasteiger partial charge in [-0.25, -0.2) is 0 Å². The number of fused-ring (bicyclic) bond motifs is 1.